The lowest BCUT2D eigenvalue weighted by Gasteiger charge is -2.10. The summed E-state index contributed by atoms with van der Waals surface area (Å²) < 4.78 is 6.82. The summed E-state index contributed by atoms with van der Waals surface area (Å²) in [6.45, 7) is 0.870. The summed E-state index contributed by atoms with van der Waals surface area (Å²) in [5, 5.41) is 4.61. The first-order chi connectivity index (χ1) is 10.1. The van der Waals surface area contributed by atoms with Crippen LogP contribution in [0.3, 0.4) is 0 Å². The smallest absolute Gasteiger partial charge is 0.130 e. The molecule has 0 spiro atoms. The van der Waals surface area contributed by atoms with Gasteiger partial charge in [0.25, 0.3) is 0 Å². The van der Waals surface area contributed by atoms with Crippen LogP contribution in [-0.4, -0.2) is 6.04 Å². The Labute approximate surface area is 142 Å². The monoisotopic (exact) mass is 385 g/mol. The summed E-state index contributed by atoms with van der Waals surface area (Å²) in [6, 6.07) is 11.8. The second kappa shape index (κ2) is 6.57. The van der Waals surface area contributed by atoms with E-state index in [1.807, 2.05) is 12.1 Å². The maximum atomic E-state index is 5.97. The van der Waals surface area contributed by atoms with Gasteiger partial charge in [0, 0.05) is 27.1 Å². The zero-order valence-electron chi connectivity index (χ0n) is 11.2. The normalized spacial score (nSPS) is 14.2. The van der Waals surface area contributed by atoms with Gasteiger partial charge in [-0.3, -0.25) is 0 Å². The average Bonchev–Trinajstić information content (AvgIpc) is 3.20. The van der Waals surface area contributed by atoms with Crippen molar-refractivity contribution in [3.05, 3.63) is 56.5 Å². The molecular weight excluding hydrogens is 373 g/mol. The summed E-state index contributed by atoms with van der Waals surface area (Å²) >= 11 is 15.5. The van der Waals surface area contributed by atoms with E-state index in [0.29, 0.717) is 21.8 Å². The maximum Gasteiger partial charge on any atom is 0.130 e. The standard InChI is InChI=1S/C16H14BrCl2NO/c17-16-8-14(4-1-10(16)9-20-13-2-3-13)21-15-6-11(18)5-12(19)7-15/h1,4-8,13,20H,2-3,9H2. The molecule has 0 atom stereocenters. The molecule has 2 aromatic rings. The van der Waals surface area contributed by atoms with Crippen LogP contribution >= 0.6 is 39.1 Å². The Morgan fingerprint density at radius 2 is 1.76 bits per heavy atom. The molecule has 0 amide bonds. The molecule has 21 heavy (non-hydrogen) atoms. The highest BCUT2D eigenvalue weighted by atomic mass is 79.9. The van der Waals surface area contributed by atoms with Gasteiger partial charge in [0.2, 0.25) is 0 Å². The van der Waals surface area contributed by atoms with Gasteiger partial charge in [0.05, 0.1) is 0 Å². The van der Waals surface area contributed by atoms with E-state index < -0.39 is 0 Å². The lowest BCUT2D eigenvalue weighted by Crippen LogP contribution is -2.15. The van der Waals surface area contributed by atoms with Gasteiger partial charge >= 0.3 is 0 Å². The second-order valence-corrected chi connectivity index (χ2v) is 6.84. The van der Waals surface area contributed by atoms with Crippen LogP contribution in [0.2, 0.25) is 10.0 Å². The van der Waals surface area contributed by atoms with E-state index in [-0.39, 0.29) is 0 Å². The van der Waals surface area contributed by atoms with Crippen LogP contribution in [0.15, 0.2) is 40.9 Å². The van der Waals surface area contributed by atoms with Gasteiger partial charge in [0.15, 0.2) is 0 Å². The van der Waals surface area contributed by atoms with Gasteiger partial charge in [-0.15, -0.1) is 0 Å². The fourth-order valence-corrected chi connectivity index (χ4v) is 3.00. The van der Waals surface area contributed by atoms with Crippen molar-refractivity contribution in [1.82, 2.24) is 5.32 Å². The molecule has 0 bridgehead atoms. The molecule has 1 saturated carbocycles. The van der Waals surface area contributed by atoms with Crippen molar-refractivity contribution >= 4 is 39.1 Å². The van der Waals surface area contributed by atoms with Crippen molar-refractivity contribution in [2.75, 3.05) is 0 Å². The van der Waals surface area contributed by atoms with E-state index in [1.165, 1.54) is 18.4 Å². The predicted molar refractivity (Wildman–Crippen MR) is 90.5 cm³/mol. The van der Waals surface area contributed by atoms with Crippen molar-refractivity contribution in [3.63, 3.8) is 0 Å². The predicted octanol–water partition coefficient (Wildman–Crippen LogP) is 5.80. The average molecular weight is 387 g/mol. The first kappa shape index (κ1) is 15.2. The topological polar surface area (TPSA) is 21.3 Å². The Hall–Kier alpha value is -0.740. The molecule has 1 aliphatic rings. The minimum atomic E-state index is 0.557. The largest absolute Gasteiger partial charge is 0.457 e. The Morgan fingerprint density at radius 3 is 2.38 bits per heavy atom. The third-order valence-electron chi connectivity index (χ3n) is 3.25. The van der Waals surface area contributed by atoms with Crippen LogP contribution in [0.1, 0.15) is 18.4 Å². The van der Waals surface area contributed by atoms with Crippen LogP contribution < -0.4 is 10.1 Å². The number of nitrogens with one attached hydrogen (secondary N) is 1. The molecule has 0 radical (unpaired) electrons. The van der Waals surface area contributed by atoms with Crippen LogP contribution in [0, 0.1) is 0 Å². The van der Waals surface area contributed by atoms with Gasteiger partial charge in [-0.05, 0) is 48.7 Å². The van der Waals surface area contributed by atoms with Crippen molar-refractivity contribution < 1.29 is 4.74 Å². The summed E-state index contributed by atoms with van der Waals surface area (Å²) in [7, 11) is 0. The summed E-state index contributed by atoms with van der Waals surface area (Å²) in [5.74, 6) is 1.37. The molecule has 0 aromatic heterocycles. The van der Waals surface area contributed by atoms with E-state index in [2.05, 4.69) is 27.3 Å². The van der Waals surface area contributed by atoms with Crippen molar-refractivity contribution in [2.45, 2.75) is 25.4 Å². The van der Waals surface area contributed by atoms with Crippen molar-refractivity contribution in [1.29, 1.82) is 0 Å². The first-order valence-corrected chi connectivity index (χ1v) is 8.31. The van der Waals surface area contributed by atoms with Gasteiger partial charge in [0.1, 0.15) is 11.5 Å². The summed E-state index contributed by atoms with van der Waals surface area (Å²) in [5.41, 5.74) is 1.22. The van der Waals surface area contributed by atoms with Gasteiger partial charge < -0.3 is 10.1 Å². The number of benzene rings is 2. The Morgan fingerprint density at radius 1 is 1.05 bits per heavy atom. The first-order valence-electron chi connectivity index (χ1n) is 6.76. The minimum Gasteiger partial charge on any atom is -0.457 e. The molecule has 1 aliphatic carbocycles. The number of ether oxygens (including phenoxy) is 1. The molecule has 1 fully saturated rings. The Kier molecular flexibility index (Phi) is 4.75. The third kappa shape index (κ3) is 4.36. The second-order valence-electron chi connectivity index (χ2n) is 5.12. The van der Waals surface area contributed by atoms with Crippen LogP contribution in [0.5, 0.6) is 11.5 Å². The molecule has 3 rings (SSSR count). The Bertz CT molecular complexity index is 638. The number of hydrogen-bond donors (Lipinski definition) is 1. The molecule has 2 aromatic carbocycles. The van der Waals surface area contributed by atoms with E-state index in [1.54, 1.807) is 18.2 Å². The third-order valence-corrected chi connectivity index (χ3v) is 4.43. The number of halogens is 3. The number of rotatable bonds is 5. The lowest BCUT2D eigenvalue weighted by molar-refractivity contribution is 0.482. The molecule has 0 saturated heterocycles. The fraction of sp³-hybridized carbons (Fsp3) is 0.250. The van der Waals surface area contributed by atoms with E-state index in [4.69, 9.17) is 27.9 Å². The van der Waals surface area contributed by atoms with Crippen molar-refractivity contribution in [3.8, 4) is 11.5 Å². The quantitative estimate of drug-likeness (QED) is 0.700. The molecule has 5 heteroatoms. The van der Waals surface area contributed by atoms with E-state index in [0.717, 1.165) is 16.8 Å². The SMILES string of the molecule is Clc1cc(Cl)cc(Oc2ccc(CNC3CC3)c(Br)c2)c1. The minimum absolute atomic E-state index is 0.557. The molecule has 0 aliphatic heterocycles. The molecular formula is C16H14BrCl2NO. The maximum absolute atomic E-state index is 5.97. The van der Waals surface area contributed by atoms with Crippen LogP contribution in [0.25, 0.3) is 0 Å². The molecule has 0 heterocycles. The van der Waals surface area contributed by atoms with Gasteiger partial charge in [-0.25, -0.2) is 0 Å². The molecule has 2 nitrogen and oxygen atoms in total. The highest BCUT2D eigenvalue weighted by molar-refractivity contribution is 9.10. The van der Waals surface area contributed by atoms with Crippen molar-refractivity contribution in [2.24, 2.45) is 0 Å². The number of hydrogen-bond acceptors (Lipinski definition) is 2. The highest BCUT2D eigenvalue weighted by Crippen LogP contribution is 2.31. The van der Waals surface area contributed by atoms with Gasteiger partial charge in [-0.2, -0.15) is 0 Å². The molecule has 0 unspecified atom stereocenters. The van der Waals surface area contributed by atoms with Crippen LogP contribution in [0.4, 0.5) is 0 Å². The zero-order valence-corrected chi connectivity index (χ0v) is 14.3. The zero-order chi connectivity index (χ0) is 14.8. The fourth-order valence-electron chi connectivity index (χ4n) is 2.00. The van der Waals surface area contributed by atoms with E-state index >= 15 is 0 Å². The highest BCUT2D eigenvalue weighted by Gasteiger charge is 2.20. The lowest BCUT2D eigenvalue weighted by atomic mass is 10.2. The summed E-state index contributed by atoms with van der Waals surface area (Å²) in [6.07, 6.45) is 2.57. The Balaban J connectivity index is 1.71. The van der Waals surface area contributed by atoms with Gasteiger partial charge in [-0.1, -0.05) is 45.2 Å². The summed E-state index contributed by atoms with van der Waals surface area (Å²) in [4.78, 5) is 0. The molecule has 110 valence electrons. The molecule has 1 N–H and O–H groups in total. The van der Waals surface area contributed by atoms with Crippen LogP contribution in [-0.2, 0) is 6.54 Å². The van der Waals surface area contributed by atoms with E-state index in [9.17, 15) is 0 Å².